The third kappa shape index (κ3) is 2.69. The fourth-order valence-electron chi connectivity index (χ4n) is 1.85. The molecule has 0 aromatic heterocycles. The van der Waals surface area contributed by atoms with Gasteiger partial charge in [0.25, 0.3) is 0 Å². The van der Waals surface area contributed by atoms with Gasteiger partial charge >= 0.3 is 0 Å². The molecule has 1 aromatic rings. The van der Waals surface area contributed by atoms with Crippen LogP contribution in [0.3, 0.4) is 0 Å². The number of hydrogen-bond acceptors (Lipinski definition) is 2. The van der Waals surface area contributed by atoms with E-state index in [0.717, 1.165) is 22.6 Å². The van der Waals surface area contributed by atoms with Crippen molar-refractivity contribution in [2.45, 2.75) is 19.3 Å². The minimum atomic E-state index is 0.277. The second-order valence-corrected chi connectivity index (χ2v) is 6.01. The van der Waals surface area contributed by atoms with Crippen LogP contribution in [0, 0.1) is 5.41 Å². The van der Waals surface area contributed by atoms with Crippen molar-refractivity contribution >= 4 is 40.2 Å². The molecule has 4 heteroatoms. The minimum absolute atomic E-state index is 0.277. The lowest BCUT2D eigenvalue weighted by molar-refractivity contribution is 0.0830. The molecule has 16 heavy (non-hydrogen) atoms. The second kappa shape index (κ2) is 5.19. The monoisotopic (exact) mass is 320 g/mol. The molecule has 2 rings (SSSR count). The Morgan fingerprint density at radius 3 is 2.69 bits per heavy atom. The number of thiol groups is 1. The number of halogens is 2. The standard InChI is InChI=1S/C12H14BrClOS/c13-9-2-3-11(10(14)6-9)15-7-12(8-16)4-1-5-12/h2-3,6,16H,1,4-5,7-8H2. The van der Waals surface area contributed by atoms with Crippen molar-refractivity contribution in [3.63, 3.8) is 0 Å². The van der Waals surface area contributed by atoms with Crippen molar-refractivity contribution in [1.82, 2.24) is 0 Å². The van der Waals surface area contributed by atoms with Crippen LogP contribution in [-0.4, -0.2) is 12.4 Å². The Bertz CT molecular complexity index is 374. The van der Waals surface area contributed by atoms with E-state index in [0.29, 0.717) is 5.02 Å². The molecule has 0 amide bonds. The van der Waals surface area contributed by atoms with Crippen molar-refractivity contribution < 1.29 is 4.74 Å². The maximum Gasteiger partial charge on any atom is 0.137 e. The first kappa shape index (κ1) is 12.6. The zero-order valence-electron chi connectivity index (χ0n) is 8.88. The summed E-state index contributed by atoms with van der Waals surface area (Å²) in [6.07, 6.45) is 3.72. The summed E-state index contributed by atoms with van der Waals surface area (Å²) in [6.45, 7) is 0.720. The van der Waals surface area contributed by atoms with Gasteiger partial charge < -0.3 is 4.74 Å². The summed E-state index contributed by atoms with van der Waals surface area (Å²) in [5.41, 5.74) is 0.277. The van der Waals surface area contributed by atoms with Crippen LogP contribution in [0.25, 0.3) is 0 Å². The van der Waals surface area contributed by atoms with E-state index in [2.05, 4.69) is 28.6 Å². The molecule has 1 fully saturated rings. The number of benzene rings is 1. The molecule has 1 nitrogen and oxygen atoms in total. The van der Waals surface area contributed by atoms with Crippen LogP contribution in [0.5, 0.6) is 5.75 Å². The Labute approximate surface area is 115 Å². The van der Waals surface area contributed by atoms with E-state index >= 15 is 0 Å². The maximum atomic E-state index is 6.09. The van der Waals surface area contributed by atoms with Crippen LogP contribution < -0.4 is 4.74 Å². The Morgan fingerprint density at radius 1 is 1.44 bits per heavy atom. The van der Waals surface area contributed by atoms with E-state index in [1.165, 1.54) is 19.3 Å². The van der Waals surface area contributed by atoms with Crippen LogP contribution in [0.4, 0.5) is 0 Å². The zero-order chi connectivity index (χ0) is 11.6. The van der Waals surface area contributed by atoms with Gasteiger partial charge in [0.2, 0.25) is 0 Å². The smallest absolute Gasteiger partial charge is 0.137 e. The molecule has 1 aliphatic rings. The number of ether oxygens (including phenoxy) is 1. The van der Waals surface area contributed by atoms with Crippen molar-refractivity contribution in [2.75, 3.05) is 12.4 Å². The first-order valence-corrected chi connectivity index (χ1v) is 7.14. The van der Waals surface area contributed by atoms with Gasteiger partial charge in [0, 0.05) is 9.89 Å². The molecule has 0 saturated heterocycles. The van der Waals surface area contributed by atoms with Crippen LogP contribution in [0.15, 0.2) is 22.7 Å². The molecule has 0 spiro atoms. The van der Waals surface area contributed by atoms with Gasteiger partial charge in [-0.1, -0.05) is 34.0 Å². The lowest BCUT2D eigenvalue weighted by Crippen LogP contribution is -2.37. The Kier molecular flexibility index (Phi) is 4.09. The van der Waals surface area contributed by atoms with Gasteiger partial charge in [0.05, 0.1) is 11.6 Å². The molecular weight excluding hydrogens is 308 g/mol. The number of hydrogen-bond donors (Lipinski definition) is 1. The summed E-state index contributed by atoms with van der Waals surface area (Å²) >= 11 is 13.9. The summed E-state index contributed by atoms with van der Waals surface area (Å²) in [4.78, 5) is 0. The molecule has 0 aliphatic heterocycles. The quantitative estimate of drug-likeness (QED) is 0.799. The lowest BCUT2D eigenvalue weighted by Gasteiger charge is -2.40. The fourth-order valence-corrected chi connectivity index (χ4v) is 2.98. The predicted octanol–water partition coefficient (Wildman–Crippen LogP) is 4.58. The van der Waals surface area contributed by atoms with Crippen molar-refractivity contribution in [2.24, 2.45) is 5.41 Å². The van der Waals surface area contributed by atoms with Gasteiger partial charge in [-0.25, -0.2) is 0 Å². The molecule has 0 heterocycles. The highest BCUT2D eigenvalue weighted by Crippen LogP contribution is 2.42. The first-order chi connectivity index (χ1) is 7.65. The average molecular weight is 322 g/mol. The Hall–Kier alpha value is 0.140. The summed E-state index contributed by atoms with van der Waals surface area (Å²) in [7, 11) is 0. The molecule has 1 saturated carbocycles. The fraction of sp³-hybridized carbons (Fsp3) is 0.500. The van der Waals surface area contributed by atoms with E-state index < -0.39 is 0 Å². The van der Waals surface area contributed by atoms with E-state index in [1.54, 1.807) is 0 Å². The average Bonchev–Trinajstić information content (AvgIpc) is 2.19. The molecule has 0 unspecified atom stereocenters. The normalized spacial score (nSPS) is 17.9. The van der Waals surface area contributed by atoms with E-state index in [1.807, 2.05) is 18.2 Å². The van der Waals surface area contributed by atoms with Gasteiger partial charge in [-0.15, -0.1) is 0 Å². The van der Waals surface area contributed by atoms with Crippen molar-refractivity contribution in [3.8, 4) is 5.75 Å². The minimum Gasteiger partial charge on any atom is -0.491 e. The van der Waals surface area contributed by atoms with Gasteiger partial charge in [-0.2, -0.15) is 12.6 Å². The van der Waals surface area contributed by atoms with Crippen LogP contribution in [-0.2, 0) is 0 Å². The maximum absolute atomic E-state index is 6.09. The van der Waals surface area contributed by atoms with Gasteiger partial charge in [-0.05, 0) is 36.8 Å². The largest absolute Gasteiger partial charge is 0.491 e. The molecule has 88 valence electrons. The molecule has 0 atom stereocenters. The molecule has 1 aliphatic carbocycles. The van der Waals surface area contributed by atoms with Crippen LogP contribution in [0.1, 0.15) is 19.3 Å². The summed E-state index contributed by atoms with van der Waals surface area (Å²) < 4.78 is 6.76. The summed E-state index contributed by atoms with van der Waals surface area (Å²) in [6, 6.07) is 5.69. The van der Waals surface area contributed by atoms with Gasteiger partial charge in [-0.3, -0.25) is 0 Å². The highest BCUT2D eigenvalue weighted by atomic mass is 79.9. The Morgan fingerprint density at radius 2 is 2.19 bits per heavy atom. The Balaban J connectivity index is 1.99. The second-order valence-electron chi connectivity index (χ2n) is 4.38. The molecule has 0 radical (unpaired) electrons. The van der Waals surface area contributed by atoms with Gasteiger partial charge in [0.1, 0.15) is 5.75 Å². The molecule has 0 N–H and O–H groups in total. The molecule has 1 aromatic carbocycles. The highest BCUT2D eigenvalue weighted by Gasteiger charge is 2.36. The highest BCUT2D eigenvalue weighted by molar-refractivity contribution is 9.10. The van der Waals surface area contributed by atoms with Crippen LogP contribution >= 0.6 is 40.2 Å². The summed E-state index contributed by atoms with van der Waals surface area (Å²) in [5, 5.41) is 0.656. The van der Waals surface area contributed by atoms with Crippen molar-refractivity contribution in [1.29, 1.82) is 0 Å². The lowest BCUT2D eigenvalue weighted by atomic mass is 9.71. The number of rotatable bonds is 4. The van der Waals surface area contributed by atoms with Gasteiger partial charge in [0.15, 0.2) is 0 Å². The third-order valence-corrected chi connectivity index (χ3v) is 4.64. The molecular formula is C12H14BrClOS. The SMILES string of the molecule is SCC1(COc2ccc(Br)cc2Cl)CCC1. The summed E-state index contributed by atoms with van der Waals surface area (Å²) in [5.74, 6) is 1.65. The molecule has 0 bridgehead atoms. The van der Waals surface area contributed by atoms with E-state index in [4.69, 9.17) is 16.3 Å². The predicted molar refractivity (Wildman–Crippen MR) is 74.8 cm³/mol. The topological polar surface area (TPSA) is 9.23 Å². The van der Waals surface area contributed by atoms with Crippen molar-refractivity contribution in [3.05, 3.63) is 27.7 Å². The van der Waals surface area contributed by atoms with E-state index in [9.17, 15) is 0 Å². The first-order valence-electron chi connectivity index (χ1n) is 5.34. The third-order valence-electron chi connectivity index (χ3n) is 3.18. The van der Waals surface area contributed by atoms with E-state index in [-0.39, 0.29) is 5.41 Å². The zero-order valence-corrected chi connectivity index (χ0v) is 12.1. The van der Waals surface area contributed by atoms with Crippen LogP contribution in [0.2, 0.25) is 5.02 Å².